The molecule has 0 spiro atoms. The van der Waals surface area contributed by atoms with Crippen LogP contribution in [0.5, 0.6) is 0 Å². The number of benzene rings is 1. The molecule has 1 heterocycles. The van der Waals surface area contributed by atoms with Crippen molar-refractivity contribution in [2.24, 2.45) is 0 Å². The molecule has 6 heteroatoms. The predicted octanol–water partition coefficient (Wildman–Crippen LogP) is 2.48. The molecule has 0 atom stereocenters. The Morgan fingerprint density at radius 2 is 1.95 bits per heavy atom. The van der Waals surface area contributed by atoms with Crippen molar-refractivity contribution in [3.05, 3.63) is 57.9 Å². The van der Waals surface area contributed by atoms with Gasteiger partial charge < -0.3 is 10.1 Å². The second-order valence-electron chi connectivity index (χ2n) is 3.87. The van der Waals surface area contributed by atoms with Crippen molar-refractivity contribution in [3.8, 4) is 0 Å². The van der Waals surface area contributed by atoms with E-state index >= 15 is 0 Å². The number of esters is 1. The molecule has 2 aromatic rings. The number of amides is 1. The fraction of sp³-hybridized carbons (Fsp3) is 0.0714. The Labute approximate surface area is 129 Å². The van der Waals surface area contributed by atoms with Gasteiger partial charge in [0.25, 0.3) is 5.91 Å². The zero-order valence-corrected chi connectivity index (χ0v) is 12.5. The van der Waals surface area contributed by atoms with E-state index in [4.69, 9.17) is 4.74 Å². The highest BCUT2D eigenvalue weighted by molar-refractivity contribution is 14.1. The molecule has 1 aromatic carbocycles. The Kier molecular flexibility index (Phi) is 5.05. The summed E-state index contributed by atoms with van der Waals surface area (Å²) in [4.78, 5) is 27.1. The van der Waals surface area contributed by atoms with Crippen LogP contribution in [0, 0.1) is 3.57 Å². The van der Waals surface area contributed by atoms with E-state index in [-0.39, 0.29) is 12.5 Å². The summed E-state index contributed by atoms with van der Waals surface area (Å²) in [6.07, 6.45) is 2.98. The number of aromatic nitrogens is 1. The lowest BCUT2D eigenvalue weighted by molar-refractivity contribution is -0.119. The standard InChI is InChI=1S/C14H11IN2O3/c15-11-2-1-3-12(8-11)17-13(18)9-20-14(19)10-4-6-16-7-5-10/h1-8H,9H2,(H,17,18). The topological polar surface area (TPSA) is 68.3 Å². The summed E-state index contributed by atoms with van der Waals surface area (Å²) >= 11 is 2.15. The van der Waals surface area contributed by atoms with Gasteiger partial charge >= 0.3 is 5.97 Å². The normalized spacial score (nSPS) is 9.85. The number of nitrogens with one attached hydrogen (secondary N) is 1. The Hall–Kier alpha value is -1.96. The lowest BCUT2D eigenvalue weighted by Crippen LogP contribution is -2.20. The third kappa shape index (κ3) is 4.30. The number of hydrogen-bond donors (Lipinski definition) is 1. The second-order valence-corrected chi connectivity index (χ2v) is 5.12. The Bertz CT molecular complexity index is 617. The Morgan fingerprint density at radius 3 is 2.65 bits per heavy atom. The van der Waals surface area contributed by atoms with Crippen molar-refractivity contribution >= 4 is 40.2 Å². The van der Waals surface area contributed by atoms with Gasteiger partial charge in [0.1, 0.15) is 0 Å². The molecular formula is C14H11IN2O3. The smallest absolute Gasteiger partial charge is 0.338 e. The fourth-order valence-electron chi connectivity index (χ4n) is 1.47. The summed E-state index contributed by atoms with van der Waals surface area (Å²) in [6, 6.07) is 10.4. The van der Waals surface area contributed by atoms with Crippen molar-refractivity contribution in [2.45, 2.75) is 0 Å². The summed E-state index contributed by atoms with van der Waals surface area (Å²) in [6.45, 7) is -0.327. The Morgan fingerprint density at radius 1 is 1.20 bits per heavy atom. The molecule has 1 N–H and O–H groups in total. The minimum absolute atomic E-state index is 0.327. The van der Waals surface area contributed by atoms with Gasteiger partial charge in [0, 0.05) is 21.7 Å². The van der Waals surface area contributed by atoms with Crippen molar-refractivity contribution < 1.29 is 14.3 Å². The molecule has 0 bridgehead atoms. The van der Waals surface area contributed by atoms with Crippen molar-refractivity contribution in [1.82, 2.24) is 4.98 Å². The highest BCUT2D eigenvalue weighted by Gasteiger charge is 2.09. The van der Waals surface area contributed by atoms with Gasteiger partial charge in [-0.05, 0) is 52.9 Å². The summed E-state index contributed by atoms with van der Waals surface area (Å²) in [5.74, 6) is -0.931. The number of halogens is 1. The average Bonchev–Trinajstić information content (AvgIpc) is 2.46. The maximum absolute atomic E-state index is 11.7. The quantitative estimate of drug-likeness (QED) is 0.652. The molecule has 1 aromatic heterocycles. The van der Waals surface area contributed by atoms with Crippen LogP contribution in [0.3, 0.4) is 0 Å². The molecular weight excluding hydrogens is 371 g/mol. The molecule has 0 aliphatic heterocycles. The van der Waals surface area contributed by atoms with Crippen LogP contribution in [0.4, 0.5) is 5.69 Å². The predicted molar refractivity (Wildman–Crippen MR) is 82.3 cm³/mol. The molecule has 5 nitrogen and oxygen atoms in total. The van der Waals surface area contributed by atoms with Crippen LogP contribution in [0.15, 0.2) is 48.8 Å². The van der Waals surface area contributed by atoms with Gasteiger partial charge in [0.2, 0.25) is 0 Å². The molecule has 0 saturated heterocycles. The minimum atomic E-state index is -0.551. The second kappa shape index (κ2) is 6.99. The van der Waals surface area contributed by atoms with Crippen molar-refractivity contribution in [1.29, 1.82) is 0 Å². The van der Waals surface area contributed by atoms with Crippen LogP contribution in [0.1, 0.15) is 10.4 Å². The maximum atomic E-state index is 11.7. The van der Waals surface area contributed by atoms with Gasteiger partial charge in [0.15, 0.2) is 6.61 Å². The molecule has 20 heavy (non-hydrogen) atoms. The first-order chi connectivity index (χ1) is 9.65. The Balaban J connectivity index is 1.85. The molecule has 0 unspecified atom stereocenters. The van der Waals surface area contributed by atoms with E-state index in [1.807, 2.05) is 18.2 Å². The van der Waals surface area contributed by atoms with E-state index in [1.165, 1.54) is 24.5 Å². The van der Waals surface area contributed by atoms with Gasteiger partial charge in [-0.25, -0.2) is 4.79 Å². The number of anilines is 1. The molecule has 0 fully saturated rings. The third-order valence-corrected chi connectivity index (χ3v) is 3.03. The number of nitrogens with zero attached hydrogens (tertiary/aromatic N) is 1. The van der Waals surface area contributed by atoms with E-state index in [9.17, 15) is 9.59 Å². The molecule has 1 amide bonds. The fourth-order valence-corrected chi connectivity index (χ4v) is 2.01. The van der Waals surface area contributed by atoms with E-state index < -0.39 is 5.97 Å². The summed E-state index contributed by atoms with van der Waals surface area (Å²) in [5.41, 5.74) is 1.03. The van der Waals surface area contributed by atoms with Crippen molar-refractivity contribution in [2.75, 3.05) is 11.9 Å². The third-order valence-electron chi connectivity index (χ3n) is 2.36. The first-order valence-electron chi connectivity index (χ1n) is 5.78. The summed E-state index contributed by atoms with van der Waals surface area (Å²) < 4.78 is 5.92. The zero-order chi connectivity index (χ0) is 14.4. The molecule has 0 radical (unpaired) electrons. The van der Waals surface area contributed by atoms with E-state index in [2.05, 4.69) is 32.9 Å². The average molecular weight is 382 g/mol. The molecule has 102 valence electrons. The summed E-state index contributed by atoms with van der Waals surface area (Å²) in [5, 5.41) is 2.66. The molecule has 0 aliphatic rings. The van der Waals surface area contributed by atoms with Crippen LogP contribution in [0.2, 0.25) is 0 Å². The highest BCUT2D eigenvalue weighted by Crippen LogP contribution is 2.12. The largest absolute Gasteiger partial charge is 0.452 e. The van der Waals surface area contributed by atoms with Crippen LogP contribution in [-0.2, 0) is 9.53 Å². The van der Waals surface area contributed by atoms with Gasteiger partial charge in [-0.15, -0.1) is 0 Å². The molecule has 2 rings (SSSR count). The molecule has 0 aliphatic carbocycles. The van der Waals surface area contributed by atoms with Gasteiger partial charge in [-0.3, -0.25) is 9.78 Å². The monoisotopic (exact) mass is 382 g/mol. The molecule has 0 saturated carbocycles. The number of ether oxygens (including phenoxy) is 1. The highest BCUT2D eigenvalue weighted by atomic mass is 127. The number of carbonyl (C=O) groups is 2. The van der Waals surface area contributed by atoms with Crippen LogP contribution < -0.4 is 5.32 Å². The number of rotatable bonds is 4. The lowest BCUT2D eigenvalue weighted by Gasteiger charge is -2.06. The summed E-state index contributed by atoms with van der Waals surface area (Å²) in [7, 11) is 0. The van der Waals surface area contributed by atoms with Crippen molar-refractivity contribution in [3.63, 3.8) is 0 Å². The van der Waals surface area contributed by atoms with Gasteiger partial charge in [0.05, 0.1) is 5.56 Å². The van der Waals surface area contributed by atoms with E-state index in [0.717, 1.165) is 3.57 Å². The number of hydrogen-bond acceptors (Lipinski definition) is 4. The minimum Gasteiger partial charge on any atom is -0.452 e. The zero-order valence-electron chi connectivity index (χ0n) is 10.4. The van der Waals surface area contributed by atoms with Gasteiger partial charge in [-0.2, -0.15) is 0 Å². The van der Waals surface area contributed by atoms with Crippen LogP contribution in [0.25, 0.3) is 0 Å². The first kappa shape index (κ1) is 14.4. The van der Waals surface area contributed by atoms with E-state index in [1.54, 1.807) is 6.07 Å². The van der Waals surface area contributed by atoms with E-state index in [0.29, 0.717) is 11.3 Å². The maximum Gasteiger partial charge on any atom is 0.338 e. The first-order valence-corrected chi connectivity index (χ1v) is 6.85. The number of pyridine rings is 1. The lowest BCUT2D eigenvalue weighted by atomic mass is 10.3. The SMILES string of the molecule is O=C(COC(=O)c1ccncc1)Nc1cccc(I)c1. The van der Waals surface area contributed by atoms with Crippen LogP contribution >= 0.6 is 22.6 Å². The number of carbonyl (C=O) groups excluding carboxylic acids is 2. The van der Waals surface area contributed by atoms with Gasteiger partial charge in [-0.1, -0.05) is 6.07 Å². The van der Waals surface area contributed by atoms with Crippen LogP contribution in [-0.4, -0.2) is 23.5 Å².